The molecule has 4 heteroatoms. The molecule has 1 fully saturated rings. The highest BCUT2D eigenvalue weighted by Gasteiger charge is 2.39. The molecule has 0 bridgehead atoms. The van der Waals surface area contributed by atoms with Crippen molar-refractivity contribution in [3.63, 3.8) is 0 Å². The van der Waals surface area contributed by atoms with Gasteiger partial charge in [0.1, 0.15) is 0 Å². The first-order chi connectivity index (χ1) is 25.2. The van der Waals surface area contributed by atoms with Crippen molar-refractivity contribution < 1.29 is 9.59 Å². The Bertz CT molecular complexity index is 755. The highest BCUT2D eigenvalue weighted by Crippen LogP contribution is 2.22. The number of carbonyl (C=O) groups excluding carboxylic acids is 2. The molecule has 1 aliphatic rings. The molecule has 51 heavy (non-hydrogen) atoms. The van der Waals surface area contributed by atoms with Gasteiger partial charge in [0.05, 0.1) is 12.1 Å². The molecule has 0 aromatic carbocycles. The molecule has 2 unspecified atom stereocenters. The first-order valence-corrected chi connectivity index (χ1v) is 23.1. The molecule has 2 atom stereocenters. The first kappa shape index (κ1) is 47.4. The first-order valence-electron chi connectivity index (χ1n) is 23.1. The van der Waals surface area contributed by atoms with Crippen LogP contribution in [0.3, 0.4) is 0 Å². The lowest BCUT2D eigenvalue weighted by atomic mass is 10.1. The molecule has 4 nitrogen and oxygen atoms in total. The predicted molar refractivity (Wildman–Crippen MR) is 224 cm³/mol. The number of hydrogen-bond acceptors (Lipinski definition) is 2. The third-order valence-electron chi connectivity index (χ3n) is 10.8. The number of carbonyl (C=O) groups is 2. The van der Waals surface area contributed by atoms with E-state index in [1.54, 1.807) is 0 Å². The van der Waals surface area contributed by atoms with E-state index in [4.69, 9.17) is 0 Å². The summed E-state index contributed by atoms with van der Waals surface area (Å²) in [5.41, 5.74) is 0. The maximum absolute atomic E-state index is 12.3. The minimum absolute atomic E-state index is 0.151. The molecule has 1 saturated carbocycles. The van der Waals surface area contributed by atoms with Crippen LogP contribution in [0.4, 0.5) is 0 Å². The summed E-state index contributed by atoms with van der Waals surface area (Å²) in [4.78, 5) is 24.7. The van der Waals surface area contributed by atoms with Gasteiger partial charge in [-0.3, -0.25) is 9.59 Å². The molecule has 1 rings (SSSR count). The van der Waals surface area contributed by atoms with E-state index in [1.807, 2.05) is 0 Å². The summed E-state index contributed by atoms with van der Waals surface area (Å²) >= 11 is 0. The van der Waals surface area contributed by atoms with Crippen LogP contribution in [-0.4, -0.2) is 23.9 Å². The molecule has 0 spiro atoms. The number of rotatable bonds is 40. The molecule has 2 N–H and O–H groups in total. The fourth-order valence-electron chi connectivity index (χ4n) is 7.20. The van der Waals surface area contributed by atoms with E-state index in [9.17, 15) is 9.59 Å². The van der Waals surface area contributed by atoms with Gasteiger partial charge in [-0.25, -0.2) is 0 Å². The molecular weight excluding hydrogens is 625 g/mol. The highest BCUT2D eigenvalue weighted by atomic mass is 16.2. The van der Waals surface area contributed by atoms with Gasteiger partial charge < -0.3 is 10.6 Å². The van der Waals surface area contributed by atoms with E-state index in [1.165, 1.54) is 193 Å². The number of hydrogen-bond donors (Lipinski definition) is 2. The molecule has 1 aliphatic carbocycles. The summed E-state index contributed by atoms with van der Waals surface area (Å²) in [6.07, 6.45) is 56.4. The summed E-state index contributed by atoms with van der Waals surface area (Å²) in [7, 11) is 0. The van der Waals surface area contributed by atoms with Crippen LogP contribution in [0.15, 0.2) is 24.3 Å². The minimum Gasteiger partial charge on any atom is -0.351 e. The Morgan fingerprint density at radius 3 is 0.882 bits per heavy atom. The van der Waals surface area contributed by atoms with Gasteiger partial charge in [-0.15, -0.1) is 0 Å². The number of unbranched alkanes of at least 4 members (excludes halogenated alkanes) is 30. The number of allylic oxidation sites excluding steroid dienone is 4. The average molecular weight is 713 g/mol. The zero-order valence-electron chi connectivity index (χ0n) is 34.4. The Labute approximate surface area is 319 Å². The van der Waals surface area contributed by atoms with E-state index in [0.717, 1.165) is 32.1 Å². The maximum atomic E-state index is 12.3. The fourth-order valence-corrected chi connectivity index (χ4v) is 7.20. The standard InChI is InChI=1S/C47H88N2O2/c1-3-5-7-9-11-13-15-17-19-21-23-25-27-29-31-33-35-37-39-41-46(50)48-44-43-45(44)49-47(51)42-40-38-36-34-32-30-28-26-24-22-20-18-16-14-12-10-8-6-4-2/h17-20,44-45H,3-16,21-43H2,1-2H3,(H,48,50)(H,49,51). The summed E-state index contributed by atoms with van der Waals surface area (Å²) in [5, 5.41) is 6.27. The lowest BCUT2D eigenvalue weighted by molar-refractivity contribution is -0.123. The van der Waals surface area contributed by atoms with Crippen molar-refractivity contribution in [1.82, 2.24) is 10.6 Å². The molecule has 0 aliphatic heterocycles. The third kappa shape index (κ3) is 35.2. The molecule has 0 heterocycles. The van der Waals surface area contributed by atoms with E-state index in [2.05, 4.69) is 48.8 Å². The molecular formula is C47H88N2O2. The second-order valence-electron chi connectivity index (χ2n) is 16.1. The Balaban J connectivity index is 1.78. The Morgan fingerprint density at radius 1 is 0.373 bits per heavy atom. The van der Waals surface area contributed by atoms with Gasteiger partial charge in [0, 0.05) is 12.8 Å². The zero-order chi connectivity index (χ0) is 36.7. The summed E-state index contributed by atoms with van der Waals surface area (Å²) < 4.78 is 0. The minimum atomic E-state index is 0.151. The van der Waals surface area contributed by atoms with Crippen LogP contribution >= 0.6 is 0 Å². The van der Waals surface area contributed by atoms with Crippen LogP contribution in [0, 0.1) is 0 Å². The maximum Gasteiger partial charge on any atom is 0.220 e. The van der Waals surface area contributed by atoms with E-state index in [0.29, 0.717) is 12.8 Å². The van der Waals surface area contributed by atoms with E-state index < -0.39 is 0 Å². The van der Waals surface area contributed by atoms with Gasteiger partial charge in [-0.2, -0.15) is 0 Å². The summed E-state index contributed by atoms with van der Waals surface area (Å²) in [5.74, 6) is 0.321. The smallest absolute Gasteiger partial charge is 0.220 e. The monoisotopic (exact) mass is 713 g/mol. The van der Waals surface area contributed by atoms with Gasteiger partial charge in [-0.05, 0) is 70.6 Å². The zero-order valence-corrected chi connectivity index (χ0v) is 34.4. The Hall–Kier alpha value is -1.58. The molecule has 2 amide bonds. The second-order valence-corrected chi connectivity index (χ2v) is 16.1. The van der Waals surface area contributed by atoms with E-state index in [-0.39, 0.29) is 23.9 Å². The van der Waals surface area contributed by atoms with Crippen molar-refractivity contribution >= 4 is 11.8 Å². The van der Waals surface area contributed by atoms with Crippen molar-refractivity contribution in [1.29, 1.82) is 0 Å². The topological polar surface area (TPSA) is 58.2 Å². The third-order valence-corrected chi connectivity index (χ3v) is 10.8. The van der Waals surface area contributed by atoms with Crippen molar-refractivity contribution in [2.45, 2.75) is 264 Å². The summed E-state index contributed by atoms with van der Waals surface area (Å²) in [6.45, 7) is 4.56. The van der Waals surface area contributed by atoms with Crippen molar-refractivity contribution in [3.05, 3.63) is 24.3 Å². The molecule has 0 aromatic rings. The predicted octanol–water partition coefficient (Wildman–Crippen LogP) is 14.6. The highest BCUT2D eigenvalue weighted by molar-refractivity contribution is 5.78. The Morgan fingerprint density at radius 2 is 0.608 bits per heavy atom. The fraction of sp³-hybridized carbons (Fsp3) is 0.872. The molecule has 0 aromatic heterocycles. The normalized spacial score (nSPS) is 15.6. The molecule has 0 saturated heterocycles. The van der Waals surface area contributed by atoms with Gasteiger partial charge in [0.2, 0.25) is 11.8 Å². The van der Waals surface area contributed by atoms with Crippen LogP contribution in [0.1, 0.15) is 251 Å². The van der Waals surface area contributed by atoms with Gasteiger partial charge in [0.25, 0.3) is 0 Å². The summed E-state index contributed by atoms with van der Waals surface area (Å²) in [6, 6.07) is 0.303. The lowest BCUT2D eigenvalue weighted by Gasteiger charge is -2.07. The largest absolute Gasteiger partial charge is 0.351 e. The van der Waals surface area contributed by atoms with Crippen molar-refractivity contribution in [3.8, 4) is 0 Å². The molecule has 298 valence electrons. The molecule has 0 radical (unpaired) electrons. The average Bonchev–Trinajstić information content (AvgIpc) is 3.86. The number of amides is 2. The van der Waals surface area contributed by atoms with Gasteiger partial charge >= 0.3 is 0 Å². The van der Waals surface area contributed by atoms with Crippen LogP contribution < -0.4 is 10.6 Å². The van der Waals surface area contributed by atoms with Gasteiger partial charge in [0.15, 0.2) is 0 Å². The van der Waals surface area contributed by atoms with Crippen LogP contribution in [0.5, 0.6) is 0 Å². The van der Waals surface area contributed by atoms with E-state index >= 15 is 0 Å². The second kappa shape index (κ2) is 38.2. The van der Waals surface area contributed by atoms with Crippen LogP contribution in [0.25, 0.3) is 0 Å². The van der Waals surface area contributed by atoms with Crippen molar-refractivity contribution in [2.24, 2.45) is 0 Å². The van der Waals surface area contributed by atoms with Crippen molar-refractivity contribution in [2.75, 3.05) is 0 Å². The SMILES string of the molecule is CCCCCCCCC=CCCCCCCCCCCCC(=O)NC1CC1NC(=O)CCCCCCCCCCCC=CCCCCCCCC. The quantitative estimate of drug-likeness (QED) is 0.0491. The van der Waals surface area contributed by atoms with Gasteiger partial charge in [-0.1, -0.05) is 192 Å². The number of nitrogens with one attached hydrogen (secondary N) is 2. The lowest BCUT2D eigenvalue weighted by Crippen LogP contribution is -2.34. The van der Waals surface area contributed by atoms with Crippen LogP contribution in [-0.2, 0) is 9.59 Å². The Kier molecular flexibility index (Phi) is 35.5. The van der Waals surface area contributed by atoms with Crippen LogP contribution in [0.2, 0.25) is 0 Å².